The molecule has 12 heavy (non-hydrogen) atoms. The molecule has 0 saturated carbocycles. The van der Waals surface area contributed by atoms with Gasteiger partial charge in [-0.3, -0.25) is 4.55 Å². The van der Waals surface area contributed by atoms with Crippen molar-refractivity contribution in [3.05, 3.63) is 18.7 Å². The summed E-state index contributed by atoms with van der Waals surface area (Å²) < 4.78 is 31.9. The number of imidazole rings is 1. The van der Waals surface area contributed by atoms with Crippen LogP contribution in [0.25, 0.3) is 0 Å². The number of hydrogen-bond donors (Lipinski definition) is 1. The lowest BCUT2D eigenvalue weighted by atomic mass is 10.4. The minimum atomic E-state index is -4.10. The Morgan fingerprint density at radius 3 is 2.42 bits per heavy atom. The van der Waals surface area contributed by atoms with Gasteiger partial charge in [-0.2, -0.15) is 8.42 Å². The Balaban J connectivity index is 3.20. The van der Waals surface area contributed by atoms with Gasteiger partial charge in [0.1, 0.15) is 0 Å². The van der Waals surface area contributed by atoms with Crippen LogP contribution in [0.1, 0.15) is 13.8 Å². The van der Waals surface area contributed by atoms with Crippen molar-refractivity contribution in [2.75, 3.05) is 0 Å². The van der Waals surface area contributed by atoms with Gasteiger partial charge in [-0.15, -0.1) is 0 Å². The fraction of sp³-hybridized carbons (Fsp3) is 0.500. The molecule has 0 aliphatic rings. The fourth-order valence-electron chi connectivity index (χ4n) is 0.711. The minimum Gasteiger partial charge on any atom is -0.316 e. The first-order valence-corrected chi connectivity index (χ1v) is 4.75. The molecule has 0 aliphatic heterocycles. The lowest BCUT2D eigenvalue weighted by Crippen LogP contribution is -2.34. The van der Waals surface area contributed by atoms with E-state index in [1.54, 1.807) is 0 Å². The van der Waals surface area contributed by atoms with Gasteiger partial charge in [0.15, 0.2) is 4.87 Å². The van der Waals surface area contributed by atoms with Crippen LogP contribution < -0.4 is 0 Å². The highest BCUT2D eigenvalue weighted by molar-refractivity contribution is 7.86. The Labute approximate surface area is 70.8 Å². The lowest BCUT2D eigenvalue weighted by molar-refractivity contribution is 0.392. The summed E-state index contributed by atoms with van der Waals surface area (Å²) in [5.41, 5.74) is 0. The SMILES string of the molecule is CC(C)(n1ccnc1)S(=O)(=O)O. The van der Waals surface area contributed by atoms with Crippen molar-refractivity contribution in [3.63, 3.8) is 0 Å². The molecule has 0 aromatic carbocycles. The molecule has 0 bridgehead atoms. The van der Waals surface area contributed by atoms with Gasteiger partial charge in [0.2, 0.25) is 0 Å². The van der Waals surface area contributed by atoms with Crippen molar-refractivity contribution in [1.29, 1.82) is 0 Å². The van der Waals surface area contributed by atoms with E-state index in [9.17, 15) is 8.42 Å². The maximum Gasteiger partial charge on any atom is 0.289 e. The molecule has 1 N–H and O–H groups in total. The largest absolute Gasteiger partial charge is 0.316 e. The summed E-state index contributed by atoms with van der Waals surface area (Å²) >= 11 is 0. The van der Waals surface area contributed by atoms with Gasteiger partial charge in [0.05, 0.1) is 6.33 Å². The zero-order chi connectivity index (χ0) is 9.41. The smallest absolute Gasteiger partial charge is 0.289 e. The molecule has 1 aromatic rings. The summed E-state index contributed by atoms with van der Waals surface area (Å²) in [6, 6.07) is 0. The predicted octanol–water partition coefficient (Wildman–Crippen LogP) is 0.463. The second-order valence-corrected chi connectivity index (χ2v) is 4.84. The van der Waals surface area contributed by atoms with E-state index in [0.717, 1.165) is 0 Å². The van der Waals surface area contributed by atoms with Crippen LogP contribution >= 0.6 is 0 Å². The predicted molar refractivity (Wildman–Crippen MR) is 43.1 cm³/mol. The van der Waals surface area contributed by atoms with Crippen LogP contribution in [0, 0.1) is 0 Å². The van der Waals surface area contributed by atoms with E-state index in [1.807, 2.05) is 0 Å². The third kappa shape index (κ3) is 1.35. The minimum absolute atomic E-state index is 1.32. The molecule has 0 amide bonds. The summed E-state index contributed by atoms with van der Waals surface area (Å²) in [7, 11) is -4.10. The van der Waals surface area contributed by atoms with Crippen LogP contribution in [0.2, 0.25) is 0 Å². The molecule has 1 heterocycles. The molecule has 5 nitrogen and oxygen atoms in total. The van der Waals surface area contributed by atoms with E-state index in [4.69, 9.17) is 4.55 Å². The van der Waals surface area contributed by atoms with E-state index in [0.29, 0.717) is 0 Å². The Bertz CT molecular complexity index is 352. The monoisotopic (exact) mass is 190 g/mol. The van der Waals surface area contributed by atoms with Crippen LogP contribution in [-0.2, 0) is 15.0 Å². The second kappa shape index (κ2) is 2.56. The topological polar surface area (TPSA) is 72.2 Å². The van der Waals surface area contributed by atoms with Crippen LogP contribution in [0.5, 0.6) is 0 Å². The van der Waals surface area contributed by atoms with Crippen molar-refractivity contribution in [2.24, 2.45) is 0 Å². The number of hydrogen-bond acceptors (Lipinski definition) is 3. The van der Waals surface area contributed by atoms with Gasteiger partial charge in [0, 0.05) is 12.4 Å². The molecule has 1 rings (SSSR count). The highest BCUT2D eigenvalue weighted by Gasteiger charge is 2.33. The first-order valence-electron chi connectivity index (χ1n) is 3.31. The summed E-state index contributed by atoms with van der Waals surface area (Å²) in [4.78, 5) is 2.33. The summed E-state index contributed by atoms with van der Waals surface area (Å²) in [5, 5.41) is 0. The quantitative estimate of drug-likeness (QED) is 0.688. The van der Waals surface area contributed by atoms with Crippen molar-refractivity contribution in [2.45, 2.75) is 18.7 Å². The molecule has 1 aromatic heterocycles. The molecular formula is C6H10N2O3S. The van der Waals surface area contributed by atoms with E-state index in [-0.39, 0.29) is 0 Å². The fourth-order valence-corrected chi connectivity index (χ4v) is 1.09. The van der Waals surface area contributed by atoms with Crippen LogP contribution in [0.3, 0.4) is 0 Å². The highest BCUT2D eigenvalue weighted by atomic mass is 32.2. The van der Waals surface area contributed by atoms with Gasteiger partial charge in [-0.1, -0.05) is 0 Å². The van der Waals surface area contributed by atoms with Crippen LogP contribution in [0.15, 0.2) is 18.7 Å². The molecule has 0 radical (unpaired) electrons. The number of rotatable bonds is 2. The molecule has 0 atom stereocenters. The summed E-state index contributed by atoms with van der Waals surface area (Å²) in [6.07, 6.45) is 4.27. The molecule has 0 fully saturated rings. The molecule has 68 valence electrons. The molecule has 0 unspecified atom stereocenters. The maximum absolute atomic E-state index is 10.9. The molecule has 6 heteroatoms. The molecule has 0 aliphatic carbocycles. The third-order valence-corrected chi connectivity index (χ3v) is 3.23. The molecule has 0 saturated heterocycles. The van der Waals surface area contributed by atoms with Crippen molar-refractivity contribution in [3.8, 4) is 0 Å². The first-order chi connectivity index (χ1) is 5.36. The Morgan fingerprint density at radius 2 is 2.08 bits per heavy atom. The zero-order valence-electron chi connectivity index (χ0n) is 6.80. The Morgan fingerprint density at radius 1 is 1.50 bits per heavy atom. The van der Waals surface area contributed by atoms with E-state index in [1.165, 1.54) is 37.1 Å². The first kappa shape index (κ1) is 9.21. The van der Waals surface area contributed by atoms with Gasteiger partial charge in [-0.05, 0) is 13.8 Å². The summed E-state index contributed by atoms with van der Waals surface area (Å²) in [5.74, 6) is 0. The average Bonchev–Trinajstić information content (AvgIpc) is 2.34. The van der Waals surface area contributed by atoms with Gasteiger partial charge >= 0.3 is 0 Å². The van der Waals surface area contributed by atoms with Crippen molar-refractivity contribution >= 4 is 10.1 Å². The maximum atomic E-state index is 10.9. The van der Waals surface area contributed by atoms with Gasteiger partial charge < -0.3 is 4.57 Å². The van der Waals surface area contributed by atoms with E-state index < -0.39 is 15.0 Å². The lowest BCUT2D eigenvalue weighted by Gasteiger charge is -2.21. The Hall–Kier alpha value is -0.880. The highest BCUT2D eigenvalue weighted by Crippen LogP contribution is 2.20. The standard InChI is InChI=1S/C6H10N2O3S/c1-6(2,12(9,10)11)8-4-3-7-5-8/h3-5H,1-2H3,(H,9,10,11). The molecular weight excluding hydrogens is 180 g/mol. The Kier molecular flexibility index (Phi) is 1.97. The van der Waals surface area contributed by atoms with Crippen molar-refractivity contribution in [1.82, 2.24) is 9.55 Å². The number of nitrogens with zero attached hydrogens (tertiary/aromatic N) is 2. The average molecular weight is 190 g/mol. The second-order valence-electron chi connectivity index (χ2n) is 2.89. The van der Waals surface area contributed by atoms with Crippen LogP contribution in [0.4, 0.5) is 0 Å². The van der Waals surface area contributed by atoms with Crippen molar-refractivity contribution < 1.29 is 13.0 Å². The normalized spacial score (nSPS) is 13.2. The van der Waals surface area contributed by atoms with E-state index in [2.05, 4.69) is 4.98 Å². The van der Waals surface area contributed by atoms with E-state index >= 15 is 0 Å². The third-order valence-electron chi connectivity index (χ3n) is 1.76. The number of aromatic nitrogens is 2. The zero-order valence-corrected chi connectivity index (χ0v) is 7.61. The molecule has 0 spiro atoms. The van der Waals surface area contributed by atoms with Gasteiger partial charge in [-0.25, -0.2) is 4.98 Å². The van der Waals surface area contributed by atoms with Crippen LogP contribution in [-0.4, -0.2) is 22.5 Å². The van der Waals surface area contributed by atoms with Gasteiger partial charge in [0.25, 0.3) is 10.1 Å². The summed E-state index contributed by atoms with van der Waals surface area (Å²) in [6.45, 7) is 2.79.